The number of ether oxygens (including phenoxy) is 3. The second-order valence-electron chi connectivity index (χ2n) is 3.52. The molecule has 108 valence electrons. The summed E-state index contributed by atoms with van der Waals surface area (Å²) < 4.78 is 15.7. The molecule has 0 bridgehead atoms. The zero-order chi connectivity index (χ0) is 13.6. The molecule has 0 amide bonds. The van der Waals surface area contributed by atoms with Crippen LogP contribution < -0.4 is 11.6 Å². The summed E-state index contributed by atoms with van der Waals surface area (Å²) in [5.41, 5.74) is 5.72. The SMILES string of the molecule is CCOCCOCCOCCN(N)/C=C(\N)CO. The van der Waals surface area contributed by atoms with Gasteiger partial charge < -0.3 is 30.1 Å². The molecule has 0 spiro atoms. The molecule has 0 aliphatic heterocycles. The van der Waals surface area contributed by atoms with Gasteiger partial charge in [-0.3, -0.25) is 0 Å². The second-order valence-corrected chi connectivity index (χ2v) is 3.52. The Labute approximate surface area is 108 Å². The average molecular weight is 263 g/mol. The Morgan fingerprint density at radius 2 is 1.67 bits per heavy atom. The highest BCUT2D eigenvalue weighted by atomic mass is 16.5. The lowest BCUT2D eigenvalue weighted by Gasteiger charge is -2.14. The van der Waals surface area contributed by atoms with Gasteiger partial charge in [0, 0.05) is 12.8 Å². The van der Waals surface area contributed by atoms with Crippen molar-refractivity contribution in [2.45, 2.75) is 6.92 Å². The summed E-state index contributed by atoms with van der Waals surface area (Å²) in [4.78, 5) is 0. The molecule has 0 fully saturated rings. The number of rotatable bonds is 12. The molecule has 5 N–H and O–H groups in total. The first kappa shape index (κ1) is 17.1. The minimum Gasteiger partial charge on any atom is -0.399 e. The van der Waals surface area contributed by atoms with Gasteiger partial charge in [-0.1, -0.05) is 0 Å². The third kappa shape index (κ3) is 11.6. The van der Waals surface area contributed by atoms with Crippen LogP contribution in [0.5, 0.6) is 0 Å². The van der Waals surface area contributed by atoms with E-state index in [1.165, 1.54) is 11.2 Å². The zero-order valence-corrected chi connectivity index (χ0v) is 11.0. The second kappa shape index (κ2) is 12.6. The van der Waals surface area contributed by atoms with Crippen molar-refractivity contribution in [2.75, 3.05) is 52.8 Å². The van der Waals surface area contributed by atoms with Gasteiger partial charge in [0.1, 0.15) is 0 Å². The van der Waals surface area contributed by atoms with Gasteiger partial charge in [-0.05, 0) is 6.92 Å². The van der Waals surface area contributed by atoms with E-state index in [4.69, 9.17) is 30.9 Å². The summed E-state index contributed by atoms with van der Waals surface area (Å²) in [5.74, 6) is 5.58. The standard InChI is InChI=1S/C11H25N3O4/c1-2-16-5-6-18-8-7-17-4-3-14(13)9-11(12)10-15/h9,15H,2-8,10,12-13H2,1H3/b11-9-. The predicted molar refractivity (Wildman–Crippen MR) is 68.4 cm³/mol. The van der Waals surface area contributed by atoms with Crippen molar-refractivity contribution in [1.82, 2.24) is 5.01 Å². The number of hydrogen-bond donors (Lipinski definition) is 3. The Bertz CT molecular complexity index is 214. The van der Waals surface area contributed by atoms with Gasteiger partial charge in [0.05, 0.1) is 51.9 Å². The molecule has 0 aromatic heterocycles. The molecule has 0 radical (unpaired) electrons. The highest BCUT2D eigenvalue weighted by Crippen LogP contribution is 1.87. The normalized spacial score (nSPS) is 11.8. The molecule has 0 aromatic carbocycles. The molecule has 0 unspecified atom stereocenters. The van der Waals surface area contributed by atoms with Crippen molar-refractivity contribution in [1.29, 1.82) is 0 Å². The molecular formula is C11H25N3O4. The molecule has 0 aliphatic rings. The third-order valence-electron chi connectivity index (χ3n) is 1.96. The van der Waals surface area contributed by atoms with Crippen LogP contribution in [0.4, 0.5) is 0 Å². The fourth-order valence-electron chi connectivity index (χ4n) is 1.07. The van der Waals surface area contributed by atoms with Crippen LogP contribution in [0.25, 0.3) is 0 Å². The lowest BCUT2D eigenvalue weighted by atomic mass is 10.5. The van der Waals surface area contributed by atoms with E-state index in [2.05, 4.69) is 0 Å². The summed E-state index contributed by atoms with van der Waals surface area (Å²) in [7, 11) is 0. The van der Waals surface area contributed by atoms with E-state index in [1.54, 1.807) is 0 Å². The Kier molecular flexibility index (Phi) is 12.0. The van der Waals surface area contributed by atoms with Gasteiger partial charge in [0.25, 0.3) is 0 Å². The topological polar surface area (TPSA) is 103 Å². The van der Waals surface area contributed by atoms with Crippen LogP contribution in [0.2, 0.25) is 0 Å². The Morgan fingerprint density at radius 1 is 1.11 bits per heavy atom. The molecule has 7 heteroatoms. The maximum absolute atomic E-state index is 8.68. The van der Waals surface area contributed by atoms with E-state index in [1.807, 2.05) is 6.92 Å². The average Bonchev–Trinajstić information content (AvgIpc) is 2.36. The highest BCUT2D eigenvalue weighted by molar-refractivity contribution is 4.94. The van der Waals surface area contributed by atoms with Gasteiger partial charge in [-0.15, -0.1) is 0 Å². The smallest absolute Gasteiger partial charge is 0.0840 e. The fourth-order valence-corrected chi connectivity index (χ4v) is 1.07. The van der Waals surface area contributed by atoms with Crippen LogP contribution in [-0.4, -0.2) is 62.9 Å². The maximum Gasteiger partial charge on any atom is 0.0840 e. The van der Waals surface area contributed by atoms with Crippen LogP contribution >= 0.6 is 0 Å². The van der Waals surface area contributed by atoms with E-state index in [9.17, 15) is 0 Å². The Hall–Kier alpha value is -0.860. The molecule has 7 nitrogen and oxygen atoms in total. The first-order valence-corrected chi connectivity index (χ1v) is 6.02. The van der Waals surface area contributed by atoms with Crippen LogP contribution in [0.15, 0.2) is 11.9 Å². The first-order chi connectivity index (χ1) is 8.70. The van der Waals surface area contributed by atoms with Crippen molar-refractivity contribution in [3.8, 4) is 0 Å². The first-order valence-electron chi connectivity index (χ1n) is 6.02. The summed E-state index contributed by atoms with van der Waals surface area (Å²) >= 11 is 0. The van der Waals surface area contributed by atoms with Gasteiger partial charge in [-0.25, -0.2) is 5.84 Å². The lowest BCUT2D eigenvalue weighted by Crippen LogP contribution is -2.30. The maximum atomic E-state index is 8.68. The lowest BCUT2D eigenvalue weighted by molar-refractivity contribution is 0.0144. The zero-order valence-electron chi connectivity index (χ0n) is 11.0. The Morgan fingerprint density at radius 3 is 2.22 bits per heavy atom. The van der Waals surface area contributed by atoms with Crippen LogP contribution in [-0.2, 0) is 14.2 Å². The summed E-state index contributed by atoms with van der Waals surface area (Å²) in [6.45, 7) is 5.65. The molecule has 0 saturated carbocycles. The quantitative estimate of drug-likeness (QED) is 0.236. The molecule has 18 heavy (non-hydrogen) atoms. The van der Waals surface area contributed by atoms with Gasteiger partial charge in [-0.2, -0.15) is 0 Å². The van der Waals surface area contributed by atoms with Crippen molar-refractivity contribution in [3.05, 3.63) is 11.9 Å². The van der Waals surface area contributed by atoms with Gasteiger partial charge in [0.15, 0.2) is 0 Å². The Balaban J connectivity index is 3.25. The number of nitrogens with two attached hydrogens (primary N) is 2. The van der Waals surface area contributed by atoms with Crippen molar-refractivity contribution < 1.29 is 19.3 Å². The molecule has 0 heterocycles. The van der Waals surface area contributed by atoms with Crippen LogP contribution in [0, 0.1) is 0 Å². The minimum atomic E-state index is -0.206. The summed E-state index contributed by atoms with van der Waals surface area (Å²) in [6, 6.07) is 0. The fraction of sp³-hybridized carbons (Fsp3) is 0.818. The third-order valence-corrected chi connectivity index (χ3v) is 1.96. The van der Waals surface area contributed by atoms with E-state index >= 15 is 0 Å². The molecule has 0 atom stereocenters. The highest BCUT2D eigenvalue weighted by Gasteiger charge is 1.95. The van der Waals surface area contributed by atoms with Crippen molar-refractivity contribution >= 4 is 0 Å². The van der Waals surface area contributed by atoms with E-state index < -0.39 is 0 Å². The molecular weight excluding hydrogens is 238 g/mol. The number of hydrogen-bond acceptors (Lipinski definition) is 7. The van der Waals surface area contributed by atoms with Gasteiger partial charge in [0.2, 0.25) is 0 Å². The predicted octanol–water partition coefficient (Wildman–Crippen LogP) is -0.976. The molecule has 0 rings (SSSR count). The van der Waals surface area contributed by atoms with Crippen molar-refractivity contribution in [2.24, 2.45) is 11.6 Å². The van der Waals surface area contributed by atoms with Gasteiger partial charge >= 0.3 is 0 Å². The summed E-state index contributed by atoms with van der Waals surface area (Å²) in [5, 5.41) is 10.1. The molecule has 0 aromatic rings. The number of nitrogens with zero attached hydrogens (tertiary/aromatic N) is 1. The van der Waals surface area contributed by atoms with E-state index in [0.29, 0.717) is 51.9 Å². The molecule has 0 aliphatic carbocycles. The van der Waals surface area contributed by atoms with E-state index in [-0.39, 0.29) is 6.61 Å². The largest absolute Gasteiger partial charge is 0.399 e. The number of aliphatic hydroxyl groups is 1. The van der Waals surface area contributed by atoms with Crippen LogP contribution in [0.3, 0.4) is 0 Å². The van der Waals surface area contributed by atoms with E-state index in [0.717, 1.165) is 0 Å². The minimum absolute atomic E-state index is 0.206. The van der Waals surface area contributed by atoms with Crippen LogP contribution in [0.1, 0.15) is 6.92 Å². The molecule has 0 saturated heterocycles. The monoisotopic (exact) mass is 263 g/mol. The number of hydrazine groups is 1. The summed E-state index contributed by atoms with van der Waals surface area (Å²) in [6.07, 6.45) is 1.47. The number of aliphatic hydroxyl groups excluding tert-OH is 1. The van der Waals surface area contributed by atoms with Crippen molar-refractivity contribution in [3.63, 3.8) is 0 Å².